The zero-order valence-electron chi connectivity index (χ0n) is 17.3. The van der Waals surface area contributed by atoms with Crippen LogP contribution in [0.5, 0.6) is 0 Å². The highest BCUT2D eigenvalue weighted by Gasteiger charge is 2.30. The van der Waals surface area contributed by atoms with E-state index in [1.165, 1.54) is 12.1 Å². The first-order valence-electron chi connectivity index (χ1n) is 9.60. The summed E-state index contributed by atoms with van der Waals surface area (Å²) in [5.74, 6) is -0.692. The Bertz CT molecular complexity index is 1210. The van der Waals surface area contributed by atoms with Crippen LogP contribution in [0.2, 0.25) is 0 Å². The van der Waals surface area contributed by atoms with Crippen LogP contribution in [-0.4, -0.2) is 20.9 Å². The van der Waals surface area contributed by atoms with Gasteiger partial charge in [-0.05, 0) is 73.5 Å². The van der Waals surface area contributed by atoms with Crippen molar-refractivity contribution in [3.8, 4) is 0 Å². The maximum atomic E-state index is 13.3. The molecule has 3 aromatic rings. The third kappa shape index (κ3) is 5.28. The molecule has 0 saturated heterocycles. The molecule has 0 aliphatic heterocycles. The number of alkyl halides is 3. The molecular weight excluding hydrogens is 441 g/mol. The van der Waals surface area contributed by atoms with E-state index in [2.05, 4.69) is 5.32 Å². The van der Waals surface area contributed by atoms with Gasteiger partial charge in [0.15, 0.2) is 0 Å². The van der Waals surface area contributed by atoms with Gasteiger partial charge in [0.2, 0.25) is 5.91 Å². The van der Waals surface area contributed by atoms with E-state index in [9.17, 15) is 26.4 Å². The second kappa shape index (κ2) is 9.04. The minimum Gasteiger partial charge on any atom is -0.325 e. The van der Waals surface area contributed by atoms with Crippen molar-refractivity contribution in [3.63, 3.8) is 0 Å². The molecule has 3 rings (SSSR count). The van der Waals surface area contributed by atoms with Crippen LogP contribution in [0.15, 0.2) is 77.7 Å². The van der Waals surface area contributed by atoms with Gasteiger partial charge in [0.25, 0.3) is 10.0 Å². The van der Waals surface area contributed by atoms with Crippen LogP contribution in [-0.2, 0) is 21.0 Å². The van der Waals surface area contributed by atoms with Crippen molar-refractivity contribution in [1.82, 2.24) is 0 Å². The highest BCUT2D eigenvalue weighted by atomic mass is 32.2. The van der Waals surface area contributed by atoms with Gasteiger partial charge in [0.1, 0.15) is 6.54 Å². The number of nitrogens with zero attached hydrogens (tertiary/aromatic N) is 1. The molecule has 0 heterocycles. The first-order chi connectivity index (χ1) is 15.0. The molecule has 0 unspecified atom stereocenters. The van der Waals surface area contributed by atoms with Crippen molar-refractivity contribution in [2.75, 3.05) is 16.2 Å². The van der Waals surface area contributed by atoms with Gasteiger partial charge in [-0.2, -0.15) is 13.2 Å². The molecule has 32 heavy (non-hydrogen) atoms. The second-order valence-corrected chi connectivity index (χ2v) is 9.08. The van der Waals surface area contributed by atoms with Crippen molar-refractivity contribution in [3.05, 3.63) is 89.5 Å². The second-order valence-electron chi connectivity index (χ2n) is 7.22. The van der Waals surface area contributed by atoms with Crippen molar-refractivity contribution >= 4 is 27.3 Å². The number of anilines is 2. The summed E-state index contributed by atoms with van der Waals surface area (Å²) in [6, 6.07) is 16.6. The average molecular weight is 462 g/mol. The molecule has 0 bridgehead atoms. The van der Waals surface area contributed by atoms with E-state index >= 15 is 0 Å². The Morgan fingerprint density at radius 1 is 0.906 bits per heavy atom. The van der Waals surface area contributed by atoms with E-state index in [4.69, 9.17) is 0 Å². The van der Waals surface area contributed by atoms with Crippen LogP contribution in [0.25, 0.3) is 0 Å². The molecule has 0 saturated carbocycles. The Labute approximate surface area is 184 Å². The molecule has 0 aromatic heterocycles. The molecule has 0 atom stereocenters. The number of sulfonamides is 1. The van der Waals surface area contributed by atoms with Crippen LogP contribution >= 0.6 is 0 Å². The first kappa shape index (κ1) is 23.3. The topological polar surface area (TPSA) is 66.5 Å². The lowest BCUT2D eigenvalue weighted by Gasteiger charge is -2.25. The summed E-state index contributed by atoms with van der Waals surface area (Å²) >= 11 is 0. The fourth-order valence-corrected chi connectivity index (χ4v) is 4.42. The normalized spacial score (nSPS) is 11.8. The fourth-order valence-electron chi connectivity index (χ4n) is 2.99. The zero-order valence-corrected chi connectivity index (χ0v) is 18.2. The largest absolute Gasteiger partial charge is 0.416 e. The lowest BCUT2D eigenvalue weighted by Crippen LogP contribution is -2.38. The molecule has 1 amide bonds. The van der Waals surface area contributed by atoms with Crippen molar-refractivity contribution in [2.24, 2.45) is 0 Å². The number of carbonyl (C=O) groups is 1. The number of halogens is 3. The molecule has 0 aliphatic carbocycles. The van der Waals surface area contributed by atoms with E-state index < -0.39 is 34.2 Å². The molecule has 0 aliphatic rings. The van der Waals surface area contributed by atoms with Crippen LogP contribution in [0.3, 0.4) is 0 Å². The highest BCUT2D eigenvalue weighted by Crippen LogP contribution is 2.30. The Morgan fingerprint density at radius 3 is 2.09 bits per heavy atom. The van der Waals surface area contributed by atoms with Gasteiger partial charge in [0, 0.05) is 5.69 Å². The third-order valence-corrected chi connectivity index (χ3v) is 6.68. The number of carbonyl (C=O) groups excluding carboxylic acids is 1. The van der Waals surface area contributed by atoms with Gasteiger partial charge in [-0.1, -0.05) is 24.3 Å². The Morgan fingerprint density at radius 2 is 1.53 bits per heavy atom. The predicted octanol–water partition coefficient (Wildman–Crippen LogP) is 5.16. The molecule has 168 valence electrons. The van der Waals surface area contributed by atoms with Gasteiger partial charge in [-0.3, -0.25) is 9.10 Å². The molecule has 0 fully saturated rings. The summed E-state index contributed by atoms with van der Waals surface area (Å²) in [7, 11) is -4.07. The quantitative estimate of drug-likeness (QED) is 0.551. The number of benzene rings is 3. The lowest BCUT2D eigenvalue weighted by atomic mass is 10.1. The number of nitrogens with one attached hydrogen (secondary N) is 1. The average Bonchev–Trinajstić information content (AvgIpc) is 2.74. The number of hydrogen-bond acceptors (Lipinski definition) is 3. The fraction of sp³-hybridized carbons (Fsp3) is 0.174. The van der Waals surface area contributed by atoms with Crippen LogP contribution in [0.4, 0.5) is 24.5 Å². The number of rotatable bonds is 6. The zero-order chi connectivity index (χ0) is 23.5. The smallest absolute Gasteiger partial charge is 0.325 e. The van der Waals surface area contributed by atoms with E-state index in [1.807, 2.05) is 13.8 Å². The molecule has 0 radical (unpaired) electrons. The summed E-state index contributed by atoms with van der Waals surface area (Å²) in [5, 5.41) is 2.46. The summed E-state index contributed by atoms with van der Waals surface area (Å²) in [6.45, 7) is 3.15. The van der Waals surface area contributed by atoms with E-state index in [0.29, 0.717) is 5.69 Å². The summed E-state index contributed by atoms with van der Waals surface area (Å²) in [5.41, 5.74) is 1.39. The molecule has 5 nitrogen and oxygen atoms in total. The third-order valence-electron chi connectivity index (χ3n) is 4.89. The minimum absolute atomic E-state index is 0.0144. The number of aryl methyl sites for hydroxylation is 2. The maximum absolute atomic E-state index is 13.3. The Hall–Kier alpha value is -3.33. The molecular formula is C23H21F3N2O3S. The van der Waals surface area contributed by atoms with E-state index in [0.717, 1.165) is 39.7 Å². The maximum Gasteiger partial charge on any atom is 0.416 e. The number of amides is 1. The molecule has 1 N–H and O–H groups in total. The van der Waals surface area contributed by atoms with Crippen LogP contribution in [0, 0.1) is 13.8 Å². The standard InChI is InChI=1S/C23H21F3N2O3S/c1-16-8-13-20(14-17(16)2)28(32(30,31)21-6-4-3-5-7-21)15-22(29)27-19-11-9-18(10-12-19)23(24,25)26/h3-14H,15H2,1-2H3,(H,27,29). The molecule has 9 heteroatoms. The monoisotopic (exact) mass is 462 g/mol. The van der Waals surface area contributed by atoms with E-state index in [-0.39, 0.29) is 10.6 Å². The van der Waals surface area contributed by atoms with Crippen molar-refractivity contribution in [2.45, 2.75) is 24.9 Å². The van der Waals surface area contributed by atoms with Crippen molar-refractivity contribution < 1.29 is 26.4 Å². The Kier molecular flexibility index (Phi) is 6.59. The van der Waals surface area contributed by atoms with Crippen LogP contribution in [0.1, 0.15) is 16.7 Å². The molecule has 3 aromatic carbocycles. The van der Waals surface area contributed by atoms with Gasteiger partial charge < -0.3 is 5.32 Å². The van der Waals surface area contributed by atoms with Crippen molar-refractivity contribution in [1.29, 1.82) is 0 Å². The number of hydrogen-bond donors (Lipinski definition) is 1. The highest BCUT2D eigenvalue weighted by molar-refractivity contribution is 7.92. The van der Waals surface area contributed by atoms with Crippen LogP contribution < -0.4 is 9.62 Å². The minimum atomic E-state index is -4.49. The van der Waals surface area contributed by atoms with E-state index in [1.54, 1.807) is 36.4 Å². The van der Waals surface area contributed by atoms with Gasteiger partial charge in [-0.15, -0.1) is 0 Å². The first-order valence-corrected chi connectivity index (χ1v) is 11.0. The van der Waals surface area contributed by atoms with Gasteiger partial charge in [0.05, 0.1) is 16.1 Å². The summed E-state index contributed by atoms with van der Waals surface area (Å²) in [4.78, 5) is 12.7. The lowest BCUT2D eigenvalue weighted by molar-refractivity contribution is -0.137. The molecule has 0 spiro atoms. The Balaban J connectivity index is 1.90. The summed E-state index contributed by atoms with van der Waals surface area (Å²) in [6.07, 6.45) is -4.49. The van der Waals surface area contributed by atoms with Gasteiger partial charge >= 0.3 is 6.18 Å². The predicted molar refractivity (Wildman–Crippen MR) is 117 cm³/mol. The van der Waals surface area contributed by atoms with Gasteiger partial charge in [-0.25, -0.2) is 8.42 Å². The summed E-state index contributed by atoms with van der Waals surface area (Å²) < 4.78 is 65.8. The SMILES string of the molecule is Cc1ccc(N(CC(=O)Nc2ccc(C(F)(F)F)cc2)S(=O)(=O)c2ccccc2)cc1C.